The van der Waals surface area contributed by atoms with Gasteiger partial charge in [-0.1, -0.05) is 0 Å². The summed E-state index contributed by atoms with van der Waals surface area (Å²) >= 11 is 1.67. The zero-order valence-electron chi connectivity index (χ0n) is 6.72. The van der Waals surface area contributed by atoms with Crippen LogP contribution in [0.4, 0.5) is 0 Å². The molecule has 0 aliphatic carbocycles. The third kappa shape index (κ3) is 7.27. The van der Waals surface area contributed by atoms with E-state index in [4.69, 9.17) is 6.42 Å². The molecule has 62 valence electrons. The summed E-state index contributed by atoms with van der Waals surface area (Å²) in [6.07, 6.45) is 8.20. The van der Waals surface area contributed by atoms with Crippen molar-refractivity contribution in [3.63, 3.8) is 0 Å². The van der Waals surface area contributed by atoms with E-state index in [1.807, 2.05) is 6.26 Å². The smallest absolute Gasteiger partial charge is 0.220 e. The fourth-order valence-corrected chi connectivity index (χ4v) is 0.947. The van der Waals surface area contributed by atoms with E-state index >= 15 is 0 Å². The van der Waals surface area contributed by atoms with E-state index in [2.05, 4.69) is 11.2 Å². The summed E-state index contributed by atoms with van der Waals surface area (Å²) in [6, 6.07) is 0. The number of amides is 1. The maximum Gasteiger partial charge on any atom is 0.220 e. The van der Waals surface area contributed by atoms with Gasteiger partial charge in [0.15, 0.2) is 0 Å². The molecule has 1 N–H and O–H groups in total. The molecule has 3 heteroatoms. The van der Waals surface area contributed by atoms with Crippen molar-refractivity contribution in [2.45, 2.75) is 12.8 Å². The van der Waals surface area contributed by atoms with E-state index in [-0.39, 0.29) is 5.91 Å². The summed E-state index contributed by atoms with van der Waals surface area (Å²) in [6.45, 7) is 0.601. The molecule has 0 aromatic carbocycles. The zero-order chi connectivity index (χ0) is 8.53. The number of hydrogen-bond acceptors (Lipinski definition) is 2. The number of carbonyl (C=O) groups excluding carboxylic acids is 1. The highest BCUT2D eigenvalue weighted by atomic mass is 32.2. The van der Waals surface area contributed by atoms with Crippen molar-refractivity contribution in [2.24, 2.45) is 0 Å². The van der Waals surface area contributed by atoms with Gasteiger partial charge in [0.2, 0.25) is 5.91 Å². The summed E-state index contributed by atoms with van der Waals surface area (Å²) in [4.78, 5) is 10.9. The van der Waals surface area contributed by atoms with Gasteiger partial charge in [-0.05, 0) is 6.26 Å². The topological polar surface area (TPSA) is 29.1 Å². The van der Waals surface area contributed by atoms with Crippen LogP contribution in [0.1, 0.15) is 12.8 Å². The van der Waals surface area contributed by atoms with Crippen molar-refractivity contribution in [2.75, 3.05) is 18.6 Å². The number of rotatable bonds is 5. The third-order valence-corrected chi connectivity index (χ3v) is 1.74. The monoisotopic (exact) mass is 171 g/mol. The molecule has 0 spiro atoms. The summed E-state index contributed by atoms with van der Waals surface area (Å²) in [7, 11) is 0. The molecule has 0 saturated heterocycles. The Bertz CT molecular complexity index is 151. The number of terminal acetylenes is 1. The molecule has 2 nitrogen and oxygen atoms in total. The van der Waals surface area contributed by atoms with Crippen LogP contribution in [0.2, 0.25) is 0 Å². The predicted octanol–water partition coefficient (Wildman–Crippen LogP) is 0.879. The lowest BCUT2D eigenvalue weighted by atomic mass is 10.4. The van der Waals surface area contributed by atoms with E-state index in [9.17, 15) is 4.79 Å². The Hall–Kier alpha value is -0.620. The maximum absolute atomic E-state index is 10.9. The first-order valence-electron chi connectivity index (χ1n) is 3.50. The molecule has 0 atom stereocenters. The zero-order valence-corrected chi connectivity index (χ0v) is 7.54. The van der Waals surface area contributed by atoms with Crippen molar-refractivity contribution >= 4 is 17.7 Å². The van der Waals surface area contributed by atoms with Gasteiger partial charge in [0.05, 0.1) is 0 Å². The Labute approximate surface area is 72.1 Å². The molecule has 11 heavy (non-hydrogen) atoms. The Balaban J connectivity index is 3.17. The van der Waals surface area contributed by atoms with Gasteiger partial charge >= 0.3 is 0 Å². The van der Waals surface area contributed by atoms with Crippen LogP contribution in [0.5, 0.6) is 0 Å². The average Bonchev–Trinajstić information content (AvgIpc) is 2.01. The van der Waals surface area contributed by atoms with Crippen molar-refractivity contribution in [3.8, 4) is 12.3 Å². The van der Waals surface area contributed by atoms with E-state index in [0.717, 1.165) is 5.75 Å². The number of hydrogen-bond donors (Lipinski definition) is 1. The summed E-state index contributed by atoms with van der Waals surface area (Å²) in [5.41, 5.74) is 0. The van der Waals surface area contributed by atoms with Gasteiger partial charge < -0.3 is 5.32 Å². The molecule has 0 radical (unpaired) electrons. The van der Waals surface area contributed by atoms with Crippen molar-refractivity contribution in [1.29, 1.82) is 0 Å². The molecule has 1 amide bonds. The predicted molar refractivity (Wildman–Crippen MR) is 49.5 cm³/mol. The van der Waals surface area contributed by atoms with E-state index in [0.29, 0.717) is 19.4 Å². The van der Waals surface area contributed by atoms with Crippen LogP contribution in [0.25, 0.3) is 0 Å². The highest BCUT2D eigenvalue weighted by Gasteiger charge is 1.97. The first-order valence-corrected chi connectivity index (χ1v) is 4.89. The molecule has 0 aromatic rings. The minimum atomic E-state index is 0.0922. The lowest BCUT2D eigenvalue weighted by Crippen LogP contribution is -2.24. The molecule has 0 unspecified atom stereocenters. The lowest BCUT2D eigenvalue weighted by Gasteiger charge is -2.00. The normalized spacial score (nSPS) is 8.73. The molecule has 0 fully saturated rings. The van der Waals surface area contributed by atoms with Crippen LogP contribution in [-0.2, 0) is 4.79 Å². The highest BCUT2D eigenvalue weighted by Crippen LogP contribution is 1.94. The van der Waals surface area contributed by atoms with Gasteiger partial charge in [0, 0.05) is 25.1 Å². The average molecular weight is 171 g/mol. The summed E-state index contributed by atoms with van der Waals surface area (Å²) in [5.74, 6) is 3.43. The Kier molecular flexibility index (Phi) is 7.06. The van der Waals surface area contributed by atoms with Gasteiger partial charge in [-0.25, -0.2) is 0 Å². The molecular weight excluding hydrogens is 158 g/mol. The van der Waals surface area contributed by atoms with Crippen LogP contribution in [-0.4, -0.2) is 24.5 Å². The molecular formula is C8H13NOS. The third-order valence-electron chi connectivity index (χ3n) is 1.12. The van der Waals surface area contributed by atoms with Crippen LogP contribution in [0.3, 0.4) is 0 Å². The minimum Gasteiger partial charge on any atom is -0.355 e. The molecule has 0 rings (SSSR count). The standard InChI is InChI=1S/C8H13NOS/c1-3-4-6-9-8(10)5-7-11-2/h1H,4-7H2,2H3,(H,9,10). The van der Waals surface area contributed by atoms with Crippen molar-refractivity contribution in [1.82, 2.24) is 5.32 Å². The molecule has 0 heterocycles. The van der Waals surface area contributed by atoms with Crippen LogP contribution < -0.4 is 5.32 Å². The second kappa shape index (κ2) is 7.49. The molecule has 0 saturated carbocycles. The molecule has 0 aliphatic rings. The van der Waals surface area contributed by atoms with Gasteiger partial charge in [-0.15, -0.1) is 12.3 Å². The first-order chi connectivity index (χ1) is 5.31. The number of carbonyl (C=O) groups is 1. The van der Waals surface area contributed by atoms with Gasteiger partial charge in [0.25, 0.3) is 0 Å². The fourth-order valence-electron chi connectivity index (χ4n) is 0.557. The molecule has 0 aliphatic heterocycles. The maximum atomic E-state index is 10.9. The summed E-state index contributed by atoms with van der Waals surface area (Å²) < 4.78 is 0. The summed E-state index contributed by atoms with van der Waals surface area (Å²) in [5, 5.41) is 2.72. The lowest BCUT2D eigenvalue weighted by molar-refractivity contribution is -0.120. The van der Waals surface area contributed by atoms with Crippen LogP contribution >= 0.6 is 11.8 Å². The van der Waals surface area contributed by atoms with E-state index < -0.39 is 0 Å². The van der Waals surface area contributed by atoms with Crippen molar-refractivity contribution in [3.05, 3.63) is 0 Å². The largest absolute Gasteiger partial charge is 0.355 e. The van der Waals surface area contributed by atoms with Crippen LogP contribution in [0, 0.1) is 12.3 Å². The van der Waals surface area contributed by atoms with Gasteiger partial charge in [0.1, 0.15) is 0 Å². The van der Waals surface area contributed by atoms with E-state index in [1.165, 1.54) is 0 Å². The van der Waals surface area contributed by atoms with Crippen LogP contribution in [0.15, 0.2) is 0 Å². The fraction of sp³-hybridized carbons (Fsp3) is 0.625. The second-order valence-electron chi connectivity index (χ2n) is 2.05. The molecule has 0 bridgehead atoms. The SMILES string of the molecule is C#CCCNC(=O)CCSC. The van der Waals surface area contributed by atoms with E-state index in [1.54, 1.807) is 11.8 Å². The highest BCUT2D eigenvalue weighted by molar-refractivity contribution is 7.98. The first kappa shape index (κ1) is 10.4. The van der Waals surface area contributed by atoms with Gasteiger partial charge in [-0.2, -0.15) is 11.8 Å². The van der Waals surface area contributed by atoms with Gasteiger partial charge in [-0.3, -0.25) is 4.79 Å². The second-order valence-corrected chi connectivity index (χ2v) is 3.03. The Morgan fingerprint density at radius 3 is 3.00 bits per heavy atom. The number of thioether (sulfide) groups is 1. The quantitative estimate of drug-likeness (QED) is 0.491. The Morgan fingerprint density at radius 2 is 2.45 bits per heavy atom. The minimum absolute atomic E-state index is 0.0922. The Morgan fingerprint density at radius 1 is 1.73 bits per heavy atom. The van der Waals surface area contributed by atoms with Crippen molar-refractivity contribution < 1.29 is 4.79 Å². The molecule has 0 aromatic heterocycles. The number of nitrogens with one attached hydrogen (secondary N) is 1.